The van der Waals surface area contributed by atoms with Crippen LogP contribution >= 0.6 is 0 Å². The van der Waals surface area contributed by atoms with Crippen molar-refractivity contribution in [3.8, 4) is 11.6 Å². The zero-order chi connectivity index (χ0) is 30.0. The molecule has 1 saturated heterocycles. The van der Waals surface area contributed by atoms with Crippen molar-refractivity contribution in [1.82, 2.24) is 19.9 Å². The zero-order valence-corrected chi connectivity index (χ0v) is 23.9. The fraction of sp³-hybridized carbons (Fsp3) is 0.310. The molecule has 2 N–H and O–H groups in total. The highest BCUT2D eigenvalue weighted by Gasteiger charge is 2.43. The quantitative estimate of drug-likeness (QED) is 0.405. The third kappa shape index (κ3) is 5.66. The van der Waals surface area contributed by atoms with E-state index in [1.807, 2.05) is 17.0 Å². The number of benzene rings is 1. The highest BCUT2D eigenvalue weighted by Crippen LogP contribution is 2.41. The molecule has 0 aliphatic carbocycles. The molecule has 4 heterocycles. The summed E-state index contributed by atoms with van der Waals surface area (Å²) in [6.07, 6.45) is 2.67. The predicted molar refractivity (Wildman–Crippen MR) is 158 cm³/mol. The summed E-state index contributed by atoms with van der Waals surface area (Å²) in [7, 11) is 1.52. The largest absolute Gasteiger partial charge is 0.479 e. The van der Waals surface area contributed by atoms with Crippen LogP contribution in [0, 0.1) is 0 Å². The summed E-state index contributed by atoms with van der Waals surface area (Å²) in [5, 5.41) is 5.85. The minimum Gasteiger partial charge on any atom is -0.479 e. The highest BCUT2D eigenvalue weighted by atomic mass is 16.5. The van der Waals surface area contributed by atoms with E-state index in [-0.39, 0.29) is 29.5 Å². The molecule has 0 spiro atoms. The van der Waals surface area contributed by atoms with Crippen LogP contribution < -0.4 is 29.9 Å². The van der Waals surface area contributed by atoms with Gasteiger partial charge in [0.05, 0.1) is 19.0 Å². The Bertz CT molecular complexity index is 1550. The van der Waals surface area contributed by atoms with Gasteiger partial charge in [-0.25, -0.2) is 4.98 Å². The van der Waals surface area contributed by atoms with Crippen molar-refractivity contribution in [3.05, 3.63) is 55.3 Å². The SMILES string of the molecule is C=CC(=O)Nc1cccc(N2C(=O)C(C)(C)Oc3cnc(Nc4ccc(N5CCN(C(C)=O)CC5)nc4OC)nc32)c1. The first-order valence-electron chi connectivity index (χ1n) is 13.4. The molecule has 0 unspecified atom stereocenters. The number of carbonyl (C=O) groups excluding carboxylic acids is 3. The molecule has 13 nitrogen and oxygen atoms in total. The van der Waals surface area contributed by atoms with Gasteiger partial charge in [0.2, 0.25) is 23.6 Å². The number of nitrogens with zero attached hydrogens (tertiary/aromatic N) is 6. The van der Waals surface area contributed by atoms with Crippen molar-refractivity contribution < 1.29 is 23.9 Å². The Hall–Kier alpha value is -5.20. The van der Waals surface area contributed by atoms with E-state index in [4.69, 9.17) is 9.47 Å². The number of ether oxygens (including phenoxy) is 2. The number of amides is 3. The molecule has 13 heteroatoms. The smallest absolute Gasteiger partial charge is 0.276 e. The fourth-order valence-electron chi connectivity index (χ4n) is 4.72. The molecule has 2 aliphatic rings. The minimum atomic E-state index is -1.19. The summed E-state index contributed by atoms with van der Waals surface area (Å²) < 4.78 is 11.5. The van der Waals surface area contributed by atoms with E-state index in [1.165, 1.54) is 24.3 Å². The van der Waals surface area contributed by atoms with Crippen molar-refractivity contribution in [2.45, 2.75) is 26.4 Å². The number of hydrogen-bond donors (Lipinski definition) is 2. The second-order valence-electron chi connectivity index (χ2n) is 10.2. The number of anilines is 6. The standard InChI is InChI=1S/C29H32N8O5/c1-6-24(39)31-19-8-7-9-20(16-19)37-25-22(42-29(3,4)27(37)40)17-30-28(34-25)32-21-10-11-23(33-26(21)41-5)36-14-12-35(13-15-36)18(2)38/h6-11,16-17H,1,12-15H2,2-5H3,(H,31,39)(H,30,32,34). The van der Waals surface area contributed by atoms with Crippen LogP contribution in [0.3, 0.4) is 0 Å². The van der Waals surface area contributed by atoms with Crippen LogP contribution in [0.1, 0.15) is 20.8 Å². The van der Waals surface area contributed by atoms with Crippen molar-refractivity contribution in [2.24, 2.45) is 0 Å². The molecule has 0 bridgehead atoms. The lowest BCUT2D eigenvalue weighted by Crippen LogP contribution is -2.51. The van der Waals surface area contributed by atoms with E-state index in [1.54, 1.807) is 45.0 Å². The Morgan fingerprint density at radius 1 is 1.12 bits per heavy atom. The summed E-state index contributed by atoms with van der Waals surface area (Å²) >= 11 is 0. The van der Waals surface area contributed by atoms with Gasteiger partial charge >= 0.3 is 0 Å². The van der Waals surface area contributed by atoms with Gasteiger partial charge in [-0.1, -0.05) is 12.6 Å². The number of rotatable bonds is 7. The molecule has 3 amide bonds. The van der Waals surface area contributed by atoms with E-state index in [0.717, 1.165) is 5.82 Å². The summed E-state index contributed by atoms with van der Waals surface area (Å²) in [4.78, 5) is 56.1. The Morgan fingerprint density at radius 2 is 1.88 bits per heavy atom. The Labute approximate surface area is 243 Å². The van der Waals surface area contributed by atoms with Crippen molar-refractivity contribution >= 4 is 52.4 Å². The van der Waals surface area contributed by atoms with Gasteiger partial charge in [0.15, 0.2) is 17.2 Å². The number of pyridine rings is 1. The van der Waals surface area contributed by atoms with Crippen LogP contribution in [0.15, 0.2) is 55.3 Å². The molecule has 5 rings (SSSR count). The molecule has 2 aromatic heterocycles. The molecule has 42 heavy (non-hydrogen) atoms. The second kappa shape index (κ2) is 11.4. The first kappa shape index (κ1) is 28.3. The number of methoxy groups -OCH3 is 1. The molecule has 2 aliphatic heterocycles. The second-order valence-corrected chi connectivity index (χ2v) is 10.2. The zero-order valence-electron chi connectivity index (χ0n) is 23.9. The summed E-state index contributed by atoms with van der Waals surface area (Å²) in [5.74, 6) is 1.13. The maximum Gasteiger partial charge on any atom is 0.276 e. The van der Waals surface area contributed by atoms with Gasteiger partial charge in [-0.3, -0.25) is 19.3 Å². The molecule has 0 radical (unpaired) electrons. The number of hydrogen-bond acceptors (Lipinski definition) is 10. The Morgan fingerprint density at radius 3 is 2.57 bits per heavy atom. The lowest BCUT2D eigenvalue weighted by Gasteiger charge is -2.37. The van der Waals surface area contributed by atoms with Crippen LogP contribution in [0.25, 0.3) is 0 Å². The van der Waals surface area contributed by atoms with Crippen LogP contribution in [-0.2, 0) is 14.4 Å². The average Bonchev–Trinajstić information content (AvgIpc) is 2.98. The summed E-state index contributed by atoms with van der Waals surface area (Å²) in [5.41, 5.74) is 0.303. The van der Waals surface area contributed by atoms with Gasteiger partial charge in [0.1, 0.15) is 11.5 Å². The summed E-state index contributed by atoms with van der Waals surface area (Å²) in [6, 6.07) is 10.5. The lowest BCUT2D eigenvalue weighted by molar-refractivity contribution is -0.132. The van der Waals surface area contributed by atoms with Crippen molar-refractivity contribution in [1.29, 1.82) is 0 Å². The van der Waals surface area contributed by atoms with Crippen molar-refractivity contribution in [2.75, 3.05) is 53.7 Å². The maximum atomic E-state index is 13.6. The highest BCUT2D eigenvalue weighted by molar-refractivity contribution is 6.08. The monoisotopic (exact) mass is 572 g/mol. The van der Waals surface area contributed by atoms with E-state index >= 15 is 0 Å². The van der Waals surface area contributed by atoms with E-state index in [9.17, 15) is 14.4 Å². The van der Waals surface area contributed by atoms with Gasteiger partial charge < -0.3 is 29.9 Å². The predicted octanol–water partition coefficient (Wildman–Crippen LogP) is 3.25. The molecule has 1 fully saturated rings. The topological polar surface area (TPSA) is 142 Å². The van der Waals surface area contributed by atoms with Crippen molar-refractivity contribution in [3.63, 3.8) is 0 Å². The number of nitrogens with one attached hydrogen (secondary N) is 2. The minimum absolute atomic E-state index is 0.0613. The van der Waals surface area contributed by atoms with E-state index in [0.29, 0.717) is 54.9 Å². The maximum absolute atomic E-state index is 13.6. The first-order chi connectivity index (χ1) is 20.1. The van der Waals surface area contributed by atoms with E-state index in [2.05, 4.69) is 37.1 Å². The number of carbonyl (C=O) groups is 3. The third-order valence-corrected chi connectivity index (χ3v) is 6.92. The van der Waals surface area contributed by atoms with Gasteiger partial charge in [-0.2, -0.15) is 9.97 Å². The number of piperazine rings is 1. The molecule has 0 saturated carbocycles. The molecular weight excluding hydrogens is 540 g/mol. The van der Waals surface area contributed by atoms with Gasteiger partial charge in [0, 0.05) is 38.8 Å². The number of fused-ring (bicyclic) bond motifs is 1. The molecule has 3 aromatic rings. The van der Waals surface area contributed by atoms with Crippen LogP contribution in [0.5, 0.6) is 11.6 Å². The van der Waals surface area contributed by atoms with Gasteiger partial charge in [0.25, 0.3) is 5.91 Å². The number of aromatic nitrogens is 3. The average molecular weight is 573 g/mol. The summed E-state index contributed by atoms with van der Waals surface area (Å²) in [6.45, 7) is 11.0. The normalized spacial score (nSPS) is 15.8. The van der Waals surface area contributed by atoms with Gasteiger partial charge in [-0.05, 0) is 50.3 Å². The molecular formula is C29H32N8O5. The molecule has 1 aromatic carbocycles. The van der Waals surface area contributed by atoms with Crippen LogP contribution in [-0.4, -0.2) is 76.5 Å². The van der Waals surface area contributed by atoms with Crippen LogP contribution in [0.2, 0.25) is 0 Å². The lowest BCUT2D eigenvalue weighted by atomic mass is 10.0. The Balaban J connectivity index is 1.43. The molecule has 218 valence electrons. The fourth-order valence-corrected chi connectivity index (χ4v) is 4.72. The van der Waals surface area contributed by atoms with E-state index < -0.39 is 5.60 Å². The Kier molecular flexibility index (Phi) is 7.66. The van der Waals surface area contributed by atoms with Crippen LogP contribution in [0.4, 0.5) is 34.6 Å². The first-order valence-corrected chi connectivity index (χ1v) is 13.4. The van der Waals surface area contributed by atoms with Gasteiger partial charge in [-0.15, -0.1) is 0 Å². The third-order valence-electron chi connectivity index (χ3n) is 6.92. The molecule has 0 atom stereocenters.